The number of hydrogen-bond donors (Lipinski definition) is 0. The third-order valence-corrected chi connectivity index (χ3v) is 4.17. The van der Waals surface area contributed by atoms with Gasteiger partial charge < -0.3 is 4.57 Å². The first-order chi connectivity index (χ1) is 7.77. The second kappa shape index (κ2) is 3.71. The van der Waals surface area contributed by atoms with E-state index in [1.165, 1.54) is 15.6 Å². The third kappa shape index (κ3) is 1.41. The molecule has 0 atom stereocenters. The molecule has 0 saturated carbocycles. The van der Waals surface area contributed by atoms with Crippen LogP contribution in [0.5, 0.6) is 0 Å². The van der Waals surface area contributed by atoms with E-state index in [0.717, 1.165) is 10.3 Å². The van der Waals surface area contributed by atoms with E-state index in [1.54, 1.807) is 11.3 Å². The summed E-state index contributed by atoms with van der Waals surface area (Å²) in [6, 6.07) is 8.44. The van der Waals surface area contributed by atoms with Gasteiger partial charge in [-0.1, -0.05) is 18.2 Å². The van der Waals surface area contributed by atoms with Crippen LogP contribution in [0.4, 0.5) is 0 Å². The van der Waals surface area contributed by atoms with Gasteiger partial charge in [0.25, 0.3) is 0 Å². The molecule has 3 aromatic rings. The van der Waals surface area contributed by atoms with Crippen LogP contribution in [0, 0.1) is 0 Å². The molecular formula is C12H9BrN2S. The van der Waals surface area contributed by atoms with Gasteiger partial charge >= 0.3 is 0 Å². The zero-order chi connectivity index (χ0) is 11.1. The molecule has 2 aromatic heterocycles. The van der Waals surface area contributed by atoms with E-state index in [1.807, 2.05) is 17.9 Å². The topological polar surface area (TPSA) is 17.8 Å². The zero-order valence-corrected chi connectivity index (χ0v) is 11.0. The fourth-order valence-electron chi connectivity index (χ4n) is 1.86. The molecule has 0 radical (unpaired) electrons. The summed E-state index contributed by atoms with van der Waals surface area (Å²) in [6.45, 7) is 0. The van der Waals surface area contributed by atoms with Gasteiger partial charge in [-0.05, 0) is 22.0 Å². The first-order valence-electron chi connectivity index (χ1n) is 4.91. The molecule has 0 bridgehead atoms. The van der Waals surface area contributed by atoms with Crippen LogP contribution < -0.4 is 0 Å². The highest BCUT2D eigenvalue weighted by Crippen LogP contribution is 2.36. The number of imidazole rings is 1. The van der Waals surface area contributed by atoms with Crippen LogP contribution in [0.15, 0.2) is 40.6 Å². The Balaban J connectivity index is 2.35. The molecule has 0 N–H and O–H groups in total. The fourth-order valence-corrected chi connectivity index (χ4v) is 3.39. The maximum Gasteiger partial charge on any atom is 0.132 e. The average molecular weight is 293 g/mol. The van der Waals surface area contributed by atoms with E-state index in [0.29, 0.717) is 0 Å². The average Bonchev–Trinajstić information content (AvgIpc) is 2.83. The van der Waals surface area contributed by atoms with Crippen molar-refractivity contribution in [2.24, 2.45) is 7.05 Å². The van der Waals surface area contributed by atoms with Crippen molar-refractivity contribution in [3.05, 3.63) is 40.6 Å². The highest BCUT2D eigenvalue weighted by Gasteiger charge is 2.13. The van der Waals surface area contributed by atoms with Crippen molar-refractivity contribution in [1.82, 2.24) is 9.55 Å². The van der Waals surface area contributed by atoms with Crippen LogP contribution in [0.25, 0.3) is 21.3 Å². The van der Waals surface area contributed by atoms with Gasteiger partial charge in [-0.15, -0.1) is 11.3 Å². The molecule has 80 valence electrons. The molecule has 0 aliphatic rings. The number of thiophene rings is 1. The minimum atomic E-state index is 0.901. The monoisotopic (exact) mass is 292 g/mol. The maximum atomic E-state index is 4.26. The van der Waals surface area contributed by atoms with Crippen LogP contribution in [-0.2, 0) is 7.05 Å². The Bertz CT molecular complexity index is 634. The smallest absolute Gasteiger partial charge is 0.132 e. The molecule has 4 heteroatoms. The SMILES string of the molecule is Cn1cnc(Br)c1-c1csc2ccccc12. The third-order valence-electron chi connectivity index (χ3n) is 2.63. The molecule has 0 fully saturated rings. The largest absolute Gasteiger partial charge is 0.333 e. The summed E-state index contributed by atoms with van der Waals surface area (Å²) < 4.78 is 4.25. The molecule has 0 aliphatic carbocycles. The van der Waals surface area contributed by atoms with Crippen molar-refractivity contribution >= 4 is 37.4 Å². The Labute approximate surface area is 106 Å². The number of aromatic nitrogens is 2. The molecule has 16 heavy (non-hydrogen) atoms. The molecular weight excluding hydrogens is 284 g/mol. The molecule has 0 saturated heterocycles. The van der Waals surface area contributed by atoms with E-state index < -0.39 is 0 Å². The molecule has 1 aromatic carbocycles. The standard InChI is InChI=1S/C12H9BrN2S/c1-15-7-14-12(13)11(15)9-6-16-10-5-3-2-4-8(9)10/h2-7H,1H3. The van der Waals surface area contributed by atoms with Gasteiger partial charge in [0, 0.05) is 28.1 Å². The van der Waals surface area contributed by atoms with E-state index in [2.05, 4.69) is 50.6 Å². The number of nitrogens with zero attached hydrogens (tertiary/aromatic N) is 2. The van der Waals surface area contributed by atoms with Crippen LogP contribution in [0.1, 0.15) is 0 Å². The second-order valence-corrected chi connectivity index (χ2v) is 5.30. The summed E-state index contributed by atoms with van der Waals surface area (Å²) in [5.41, 5.74) is 2.38. The number of benzene rings is 1. The number of rotatable bonds is 1. The normalized spacial score (nSPS) is 11.1. The summed E-state index contributed by atoms with van der Waals surface area (Å²) >= 11 is 5.26. The quantitative estimate of drug-likeness (QED) is 0.661. The highest BCUT2D eigenvalue weighted by molar-refractivity contribution is 9.10. The number of fused-ring (bicyclic) bond motifs is 1. The Morgan fingerprint density at radius 3 is 2.88 bits per heavy atom. The summed E-state index contributed by atoms with van der Waals surface area (Å²) in [5.74, 6) is 0. The van der Waals surface area contributed by atoms with Gasteiger partial charge in [-0.2, -0.15) is 0 Å². The first kappa shape index (κ1) is 10.1. The molecule has 0 amide bonds. The van der Waals surface area contributed by atoms with E-state index in [4.69, 9.17) is 0 Å². The zero-order valence-electron chi connectivity index (χ0n) is 8.64. The minimum Gasteiger partial charge on any atom is -0.333 e. The van der Waals surface area contributed by atoms with Gasteiger partial charge in [0.15, 0.2) is 0 Å². The Morgan fingerprint density at radius 1 is 1.31 bits per heavy atom. The molecule has 0 aliphatic heterocycles. The van der Waals surface area contributed by atoms with E-state index >= 15 is 0 Å². The summed E-state index contributed by atoms with van der Waals surface area (Å²) in [7, 11) is 2.01. The van der Waals surface area contributed by atoms with Crippen LogP contribution in [0.2, 0.25) is 0 Å². The number of halogens is 1. The van der Waals surface area contributed by atoms with Crippen LogP contribution >= 0.6 is 27.3 Å². The summed E-state index contributed by atoms with van der Waals surface area (Å²) in [5, 5.41) is 3.48. The molecule has 3 rings (SSSR count). The van der Waals surface area contributed by atoms with Crippen molar-refractivity contribution in [3.63, 3.8) is 0 Å². The van der Waals surface area contributed by atoms with Gasteiger partial charge in [0.05, 0.1) is 12.0 Å². The molecule has 2 heterocycles. The van der Waals surface area contributed by atoms with Crippen molar-refractivity contribution < 1.29 is 0 Å². The first-order valence-corrected chi connectivity index (χ1v) is 6.58. The maximum absolute atomic E-state index is 4.26. The summed E-state index contributed by atoms with van der Waals surface area (Å²) in [4.78, 5) is 4.26. The van der Waals surface area contributed by atoms with Gasteiger partial charge in [-0.25, -0.2) is 4.98 Å². The predicted octanol–water partition coefficient (Wildman–Crippen LogP) is 4.06. The number of aryl methyl sites for hydroxylation is 1. The second-order valence-electron chi connectivity index (χ2n) is 3.64. The Morgan fingerprint density at radius 2 is 2.12 bits per heavy atom. The van der Waals surface area contributed by atoms with Crippen molar-refractivity contribution in [3.8, 4) is 11.3 Å². The van der Waals surface area contributed by atoms with Crippen LogP contribution in [-0.4, -0.2) is 9.55 Å². The van der Waals surface area contributed by atoms with E-state index in [9.17, 15) is 0 Å². The minimum absolute atomic E-state index is 0.901. The summed E-state index contributed by atoms with van der Waals surface area (Å²) in [6.07, 6.45) is 1.83. The van der Waals surface area contributed by atoms with Crippen molar-refractivity contribution in [2.45, 2.75) is 0 Å². The molecule has 0 unspecified atom stereocenters. The Hall–Kier alpha value is -1.13. The van der Waals surface area contributed by atoms with Gasteiger partial charge in [0.1, 0.15) is 4.60 Å². The number of hydrogen-bond acceptors (Lipinski definition) is 2. The van der Waals surface area contributed by atoms with E-state index in [-0.39, 0.29) is 0 Å². The fraction of sp³-hybridized carbons (Fsp3) is 0.0833. The van der Waals surface area contributed by atoms with Crippen molar-refractivity contribution in [2.75, 3.05) is 0 Å². The van der Waals surface area contributed by atoms with Gasteiger partial charge in [-0.3, -0.25) is 0 Å². The highest BCUT2D eigenvalue weighted by atomic mass is 79.9. The Kier molecular flexibility index (Phi) is 2.33. The predicted molar refractivity (Wildman–Crippen MR) is 71.7 cm³/mol. The van der Waals surface area contributed by atoms with Crippen molar-refractivity contribution in [1.29, 1.82) is 0 Å². The van der Waals surface area contributed by atoms with Crippen LogP contribution in [0.3, 0.4) is 0 Å². The van der Waals surface area contributed by atoms with Gasteiger partial charge in [0.2, 0.25) is 0 Å². The lowest BCUT2D eigenvalue weighted by Gasteiger charge is -2.01. The lowest BCUT2D eigenvalue weighted by molar-refractivity contribution is 0.922. The lowest BCUT2D eigenvalue weighted by atomic mass is 10.1. The molecule has 2 nitrogen and oxygen atoms in total. The lowest BCUT2D eigenvalue weighted by Crippen LogP contribution is -1.88. The molecule has 0 spiro atoms.